The lowest BCUT2D eigenvalue weighted by molar-refractivity contribution is -0.144. The lowest BCUT2D eigenvalue weighted by Crippen LogP contribution is -2.55. The Morgan fingerprint density at radius 1 is 1.35 bits per heavy atom. The van der Waals surface area contributed by atoms with Crippen molar-refractivity contribution in [3.8, 4) is 11.3 Å². The van der Waals surface area contributed by atoms with Gasteiger partial charge in [0.2, 0.25) is 0 Å². The van der Waals surface area contributed by atoms with E-state index in [0.29, 0.717) is 12.3 Å². The van der Waals surface area contributed by atoms with E-state index in [2.05, 4.69) is 31.4 Å². The van der Waals surface area contributed by atoms with Crippen molar-refractivity contribution in [3.63, 3.8) is 0 Å². The summed E-state index contributed by atoms with van der Waals surface area (Å²) >= 11 is 3.35. The van der Waals surface area contributed by atoms with Crippen LogP contribution in [0.25, 0.3) is 11.3 Å². The van der Waals surface area contributed by atoms with Crippen molar-refractivity contribution in [2.24, 2.45) is 0 Å². The van der Waals surface area contributed by atoms with E-state index in [1.54, 1.807) is 6.07 Å². The smallest absolute Gasteiger partial charge is 0.331 e. The molecule has 2 heterocycles. The fourth-order valence-electron chi connectivity index (χ4n) is 2.38. The second-order valence-electron chi connectivity index (χ2n) is 5.32. The first-order chi connectivity index (χ1) is 11.0. The summed E-state index contributed by atoms with van der Waals surface area (Å²) in [5.74, 6) is -1.62. The molecule has 0 spiro atoms. The SMILES string of the molecule is O=C(NC1(C(=O)O)CCOC1)c1cc(-c2ccc(Br)cc2)n[nH]1. The summed E-state index contributed by atoms with van der Waals surface area (Å²) in [4.78, 5) is 23.7. The molecule has 0 bridgehead atoms. The van der Waals surface area contributed by atoms with Crippen molar-refractivity contribution in [3.05, 3.63) is 40.5 Å². The molecule has 0 radical (unpaired) electrons. The normalized spacial score (nSPS) is 20.4. The monoisotopic (exact) mass is 379 g/mol. The van der Waals surface area contributed by atoms with Gasteiger partial charge in [0.15, 0.2) is 5.54 Å². The first kappa shape index (κ1) is 15.7. The second-order valence-corrected chi connectivity index (χ2v) is 6.23. The average molecular weight is 380 g/mol. The molecule has 1 unspecified atom stereocenters. The molecule has 8 heteroatoms. The molecule has 120 valence electrons. The van der Waals surface area contributed by atoms with E-state index in [-0.39, 0.29) is 18.7 Å². The first-order valence-electron chi connectivity index (χ1n) is 6.95. The lowest BCUT2D eigenvalue weighted by atomic mass is 9.99. The highest BCUT2D eigenvalue weighted by Gasteiger charge is 2.44. The molecule has 1 fully saturated rings. The van der Waals surface area contributed by atoms with Crippen LogP contribution < -0.4 is 5.32 Å². The second kappa shape index (κ2) is 6.13. The van der Waals surface area contributed by atoms with Crippen LogP contribution in [0.15, 0.2) is 34.8 Å². The zero-order valence-corrected chi connectivity index (χ0v) is 13.6. The molecule has 1 atom stereocenters. The Labute approximate surface area is 140 Å². The maximum atomic E-state index is 12.3. The largest absolute Gasteiger partial charge is 0.479 e. The van der Waals surface area contributed by atoms with Gasteiger partial charge < -0.3 is 15.2 Å². The summed E-state index contributed by atoms with van der Waals surface area (Å²) in [6.07, 6.45) is 0.238. The van der Waals surface area contributed by atoms with Gasteiger partial charge in [-0.3, -0.25) is 9.89 Å². The van der Waals surface area contributed by atoms with Crippen LogP contribution in [-0.4, -0.2) is 45.9 Å². The van der Waals surface area contributed by atoms with Gasteiger partial charge >= 0.3 is 5.97 Å². The van der Waals surface area contributed by atoms with Gasteiger partial charge in [0.25, 0.3) is 5.91 Å². The van der Waals surface area contributed by atoms with Crippen molar-refractivity contribution in [1.29, 1.82) is 0 Å². The van der Waals surface area contributed by atoms with Crippen molar-refractivity contribution in [2.75, 3.05) is 13.2 Å². The third-order valence-electron chi connectivity index (χ3n) is 3.75. The summed E-state index contributed by atoms with van der Waals surface area (Å²) < 4.78 is 6.06. The number of halogens is 1. The number of H-pyrrole nitrogens is 1. The van der Waals surface area contributed by atoms with Crippen molar-refractivity contribution >= 4 is 27.8 Å². The number of rotatable bonds is 4. The lowest BCUT2D eigenvalue weighted by Gasteiger charge is -2.23. The Bertz CT molecular complexity index is 735. The topological polar surface area (TPSA) is 104 Å². The molecule has 3 N–H and O–H groups in total. The first-order valence-corrected chi connectivity index (χ1v) is 7.74. The molecule has 23 heavy (non-hydrogen) atoms. The number of amides is 1. The molecule has 3 rings (SSSR count). The number of carboxylic acids is 1. The Morgan fingerprint density at radius 2 is 2.09 bits per heavy atom. The molecule has 0 saturated carbocycles. The number of carbonyl (C=O) groups is 2. The quantitative estimate of drug-likeness (QED) is 0.751. The fourth-order valence-corrected chi connectivity index (χ4v) is 2.64. The molecule has 1 aromatic carbocycles. The van der Waals surface area contributed by atoms with E-state index < -0.39 is 17.4 Å². The van der Waals surface area contributed by atoms with Crippen LogP contribution >= 0.6 is 15.9 Å². The minimum Gasteiger partial charge on any atom is -0.479 e. The molecule has 1 aromatic heterocycles. The van der Waals surface area contributed by atoms with Crippen molar-refractivity contribution in [2.45, 2.75) is 12.0 Å². The third-order valence-corrected chi connectivity index (χ3v) is 4.27. The number of hydrogen-bond acceptors (Lipinski definition) is 4. The molecule has 7 nitrogen and oxygen atoms in total. The number of carboxylic acid groups (broad SMARTS) is 1. The molecule has 1 saturated heterocycles. The highest BCUT2D eigenvalue weighted by Crippen LogP contribution is 2.22. The van der Waals surface area contributed by atoms with Gasteiger partial charge in [-0.05, 0) is 18.2 Å². The molecule has 0 aliphatic carbocycles. The summed E-state index contributed by atoms with van der Waals surface area (Å²) in [6, 6.07) is 9.07. The van der Waals surface area contributed by atoms with Crippen LogP contribution in [0.5, 0.6) is 0 Å². The minimum absolute atomic E-state index is 0.0399. The van der Waals surface area contributed by atoms with Crippen LogP contribution in [0, 0.1) is 0 Å². The number of aromatic nitrogens is 2. The number of benzene rings is 1. The van der Waals surface area contributed by atoms with Gasteiger partial charge in [-0.2, -0.15) is 5.10 Å². The van der Waals surface area contributed by atoms with Crippen LogP contribution in [0.3, 0.4) is 0 Å². The van der Waals surface area contributed by atoms with Crippen LogP contribution in [0.4, 0.5) is 0 Å². The number of hydrogen-bond donors (Lipinski definition) is 3. The van der Waals surface area contributed by atoms with Gasteiger partial charge in [0.1, 0.15) is 5.69 Å². The Morgan fingerprint density at radius 3 is 2.70 bits per heavy atom. The molecule has 1 amide bonds. The van der Waals surface area contributed by atoms with E-state index in [9.17, 15) is 14.7 Å². The zero-order chi connectivity index (χ0) is 16.4. The van der Waals surface area contributed by atoms with Crippen LogP contribution in [-0.2, 0) is 9.53 Å². The molecule has 1 aliphatic rings. The van der Waals surface area contributed by atoms with Gasteiger partial charge in [0, 0.05) is 23.1 Å². The molecule has 2 aromatic rings. The number of aliphatic carboxylic acids is 1. The maximum absolute atomic E-state index is 12.3. The predicted octanol–water partition coefficient (Wildman–Crippen LogP) is 1.81. The highest BCUT2D eigenvalue weighted by atomic mass is 79.9. The van der Waals surface area contributed by atoms with Gasteiger partial charge in [-0.1, -0.05) is 28.1 Å². The molecular formula is C15H14BrN3O4. The van der Waals surface area contributed by atoms with Crippen LogP contribution in [0.2, 0.25) is 0 Å². The predicted molar refractivity (Wildman–Crippen MR) is 85.0 cm³/mol. The number of carbonyl (C=O) groups excluding carboxylic acids is 1. The summed E-state index contributed by atoms with van der Waals surface area (Å²) in [5, 5.41) is 18.6. The summed E-state index contributed by atoms with van der Waals surface area (Å²) in [5.41, 5.74) is 0.283. The zero-order valence-electron chi connectivity index (χ0n) is 12.0. The van der Waals surface area contributed by atoms with E-state index in [0.717, 1.165) is 10.0 Å². The fraction of sp³-hybridized carbons (Fsp3) is 0.267. The Balaban J connectivity index is 1.78. The number of nitrogens with zero attached hydrogens (tertiary/aromatic N) is 1. The molecule has 1 aliphatic heterocycles. The van der Waals surface area contributed by atoms with Gasteiger partial charge in [0.05, 0.1) is 12.3 Å². The maximum Gasteiger partial charge on any atom is 0.331 e. The highest BCUT2D eigenvalue weighted by molar-refractivity contribution is 9.10. The van der Waals surface area contributed by atoms with E-state index in [1.807, 2.05) is 24.3 Å². The number of nitrogens with one attached hydrogen (secondary N) is 2. The van der Waals surface area contributed by atoms with Crippen molar-refractivity contribution in [1.82, 2.24) is 15.5 Å². The Hall–Kier alpha value is -2.19. The van der Waals surface area contributed by atoms with Gasteiger partial charge in [-0.15, -0.1) is 0 Å². The van der Waals surface area contributed by atoms with Crippen molar-refractivity contribution < 1.29 is 19.4 Å². The third kappa shape index (κ3) is 3.13. The van der Waals surface area contributed by atoms with Gasteiger partial charge in [-0.25, -0.2) is 4.79 Å². The van der Waals surface area contributed by atoms with E-state index >= 15 is 0 Å². The van der Waals surface area contributed by atoms with E-state index in [1.165, 1.54) is 0 Å². The summed E-state index contributed by atoms with van der Waals surface area (Å²) in [7, 11) is 0. The summed E-state index contributed by atoms with van der Waals surface area (Å²) in [6.45, 7) is 0.265. The van der Waals surface area contributed by atoms with E-state index in [4.69, 9.17) is 4.74 Å². The minimum atomic E-state index is -1.38. The molecular weight excluding hydrogens is 366 g/mol. The Kier molecular flexibility index (Phi) is 4.18. The standard InChI is InChI=1S/C15H14BrN3O4/c16-10-3-1-9(2-4-10)11-7-12(19-18-11)13(20)17-15(14(21)22)5-6-23-8-15/h1-4,7H,5-6,8H2,(H,17,20)(H,18,19)(H,21,22). The number of aromatic amines is 1. The number of ether oxygens (including phenoxy) is 1. The average Bonchev–Trinajstić information content (AvgIpc) is 3.17. The van der Waals surface area contributed by atoms with Crippen LogP contribution in [0.1, 0.15) is 16.9 Å².